The number of amides is 1. The summed E-state index contributed by atoms with van der Waals surface area (Å²) in [6, 6.07) is 6.03. The molecule has 110 valence electrons. The highest BCUT2D eigenvalue weighted by Gasteiger charge is 2.26. The highest BCUT2D eigenvalue weighted by molar-refractivity contribution is 7.90. The number of nitrogens with zero attached hydrogens (tertiary/aromatic N) is 1. The molecule has 6 heteroatoms. The fraction of sp³-hybridized carbons (Fsp3) is 0.500. The molecule has 0 bridgehead atoms. The summed E-state index contributed by atoms with van der Waals surface area (Å²) < 4.78 is 22.7. The van der Waals surface area contributed by atoms with Crippen LogP contribution in [-0.4, -0.2) is 50.3 Å². The average molecular weight is 297 g/mol. The van der Waals surface area contributed by atoms with Crippen LogP contribution in [0.1, 0.15) is 23.2 Å². The minimum absolute atomic E-state index is 0.0782. The van der Waals surface area contributed by atoms with Gasteiger partial charge < -0.3 is 10.0 Å². The molecule has 2 rings (SSSR count). The van der Waals surface area contributed by atoms with Gasteiger partial charge in [0.15, 0.2) is 9.84 Å². The van der Waals surface area contributed by atoms with Crippen LogP contribution in [0.4, 0.5) is 0 Å². The molecule has 1 atom stereocenters. The van der Waals surface area contributed by atoms with Crippen LogP contribution < -0.4 is 0 Å². The summed E-state index contributed by atoms with van der Waals surface area (Å²) in [4.78, 5) is 14.2. The third-order valence-electron chi connectivity index (χ3n) is 3.64. The van der Waals surface area contributed by atoms with Crippen molar-refractivity contribution in [3.63, 3.8) is 0 Å². The van der Waals surface area contributed by atoms with E-state index < -0.39 is 9.84 Å². The van der Waals surface area contributed by atoms with Crippen molar-refractivity contribution in [1.29, 1.82) is 0 Å². The normalized spacial score (nSPS) is 19.3. The Balaban J connectivity index is 2.07. The molecule has 1 N–H and O–H groups in total. The second-order valence-corrected chi connectivity index (χ2v) is 7.23. The second kappa shape index (κ2) is 5.93. The largest absolute Gasteiger partial charge is 0.396 e. The SMILES string of the molecule is CS(=O)(=O)c1ccc(C(=O)N2CCC(CCO)C2)cc1. The van der Waals surface area contributed by atoms with Crippen molar-refractivity contribution in [3.05, 3.63) is 29.8 Å². The summed E-state index contributed by atoms with van der Waals surface area (Å²) in [5.74, 6) is 0.282. The number of aliphatic hydroxyl groups is 1. The minimum Gasteiger partial charge on any atom is -0.396 e. The zero-order valence-electron chi connectivity index (χ0n) is 11.4. The first-order valence-corrected chi connectivity index (χ1v) is 8.51. The molecule has 1 saturated heterocycles. The molecule has 0 radical (unpaired) electrons. The van der Waals surface area contributed by atoms with E-state index in [0.29, 0.717) is 24.6 Å². The maximum absolute atomic E-state index is 12.3. The standard InChI is InChI=1S/C14H19NO4S/c1-20(18,19)13-4-2-12(3-5-13)14(17)15-8-6-11(10-15)7-9-16/h2-5,11,16H,6-10H2,1H3. The van der Waals surface area contributed by atoms with Gasteiger partial charge in [0.05, 0.1) is 4.90 Å². The highest BCUT2D eigenvalue weighted by Crippen LogP contribution is 2.21. The molecule has 5 nitrogen and oxygen atoms in total. The number of benzene rings is 1. The first kappa shape index (κ1) is 15.0. The van der Waals surface area contributed by atoms with Gasteiger partial charge in [-0.1, -0.05) is 0 Å². The maximum atomic E-state index is 12.3. The van der Waals surface area contributed by atoms with Crippen LogP contribution in [0.2, 0.25) is 0 Å². The van der Waals surface area contributed by atoms with Crippen LogP contribution in [-0.2, 0) is 9.84 Å². The number of rotatable bonds is 4. The number of aliphatic hydroxyl groups excluding tert-OH is 1. The van der Waals surface area contributed by atoms with Gasteiger partial charge in [-0.3, -0.25) is 4.79 Å². The van der Waals surface area contributed by atoms with Gasteiger partial charge in [0.1, 0.15) is 0 Å². The number of carbonyl (C=O) groups excluding carboxylic acids is 1. The van der Waals surface area contributed by atoms with E-state index in [1.54, 1.807) is 17.0 Å². The fourth-order valence-corrected chi connectivity index (χ4v) is 3.09. The molecule has 1 amide bonds. The fourth-order valence-electron chi connectivity index (χ4n) is 2.46. The van der Waals surface area contributed by atoms with E-state index in [2.05, 4.69) is 0 Å². The van der Waals surface area contributed by atoms with E-state index in [1.165, 1.54) is 12.1 Å². The Morgan fingerprint density at radius 2 is 2.00 bits per heavy atom. The Bertz CT molecular complexity index is 580. The van der Waals surface area contributed by atoms with Gasteiger partial charge in [-0.25, -0.2) is 8.42 Å². The molecule has 0 spiro atoms. The zero-order chi connectivity index (χ0) is 14.8. The molecule has 0 saturated carbocycles. The molecular formula is C14H19NO4S. The van der Waals surface area contributed by atoms with Gasteiger partial charge in [-0.05, 0) is 43.0 Å². The van der Waals surface area contributed by atoms with Crippen LogP contribution in [0.25, 0.3) is 0 Å². The molecule has 1 aromatic rings. The van der Waals surface area contributed by atoms with Crippen LogP contribution in [0.15, 0.2) is 29.2 Å². The number of likely N-dealkylation sites (tertiary alicyclic amines) is 1. The van der Waals surface area contributed by atoms with E-state index in [4.69, 9.17) is 5.11 Å². The van der Waals surface area contributed by atoms with Crippen LogP contribution in [0.5, 0.6) is 0 Å². The third-order valence-corrected chi connectivity index (χ3v) is 4.77. The quantitative estimate of drug-likeness (QED) is 0.897. The lowest BCUT2D eigenvalue weighted by molar-refractivity contribution is 0.0784. The Morgan fingerprint density at radius 1 is 1.35 bits per heavy atom. The Hall–Kier alpha value is -1.40. The molecule has 1 aliphatic rings. The lowest BCUT2D eigenvalue weighted by Crippen LogP contribution is -2.28. The summed E-state index contributed by atoms with van der Waals surface area (Å²) in [5.41, 5.74) is 0.502. The maximum Gasteiger partial charge on any atom is 0.253 e. The van der Waals surface area contributed by atoms with Crippen LogP contribution in [0.3, 0.4) is 0 Å². The van der Waals surface area contributed by atoms with E-state index in [1.807, 2.05) is 0 Å². The van der Waals surface area contributed by atoms with Crippen molar-refractivity contribution in [2.45, 2.75) is 17.7 Å². The van der Waals surface area contributed by atoms with Gasteiger partial charge in [0.25, 0.3) is 5.91 Å². The lowest BCUT2D eigenvalue weighted by atomic mass is 10.1. The zero-order valence-corrected chi connectivity index (χ0v) is 12.3. The Labute approximate surface area is 119 Å². The first-order valence-electron chi connectivity index (χ1n) is 6.62. The van der Waals surface area contributed by atoms with Gasteiger partial charge in [0.2, 0.25) is 0 Å². The smallest absolute Gasteiger partial charge is 0.253 e. The van der Waals surface area contributed by atoms with Crippen molar-refractivity contribution in [3.8, 4) is 0 Å². The van der Waals surface area contributed by atoms with E-state index in [0.717, 1.165) is 19.1 Å². The van der Waals surface area contributed by atoms with Gasteiger partial charge in [-0.15, -0.1) is 0 Å². The van der Waals surface area contributed by atoms with Crippen molar-refractivity contribution >= 4 is 15.7 Å². The summed E-state index contributed by atoms with van der Waals surface area (Å²) in [6.07, 6.45) is 2.77. The predicted molar refractivity (Wildman–Crippen MR) is 75.3 cm³/mol. The van der Waals surface area contributed by atoms with Crippen molar-refractivity contribution in [2.75, 3.05) is 26.0 Å². The number of carbonyl (C=O) groups is 1. The monoisotopic (exact) mass is 297 g/mol. The van der Waals surface area contributed by atoms with Gasteiger partial charge in [0, 0.05) is 31.5 Å². The van der Waals surface area contributed by atoms with E-state index >= 15 is 0 Å². The first-order chi connectivity index (χ1) is 9.41. The molecule has 0 aliphatic carbocycles. The van der Waals surface area contributed by atoms with Crippen molar-refractivity contribution in [2.24, 2.45) is 5.92 Å². The number of hydrogen-bond acceptors (Lipinski definition) is 4. The molecule has 1 aliphatic heterocycles. The molecular weight excluding hydrogens is 278 g/mol. The molecule has 1 heterocycles. The van der Waals surface area contributed by atoms with E-state index in [9.17, 15) is 13.2 Å². The van der Waals surface area contributed by atoms with Crippen molar-refractivity contribution < 1.29 is 18.3 Å². The molecule has 20 heavy (non-hydrogen) atoms. The lowest BCUT2D eigenvalue weighted by Gasteiger charge is -2.16. The average Bonchev–Trinajstić information content (AvgIpc) is 2.86. The minimum atomic E-state index is -3.23. The molecule has 1 aromatic carbocycles. The topological polar surface area (TPSA) is 74.7 Å². The van der Waals surface area contributed by atoms with Crippen LogP contribution in [0, 0.1) is 5.92 Å². The highest BCUT2D eigenvalue weighted by atomic mass is 32.2. The van der Waals surface area contributed by atoms with Crippen molar-refractivity contribution in [1.82, 2.24) is 4.90 Å². The molecule has 0 aromatic heterocycles. The summed E-state index contributed by atoms with van der Waals surface area (Å²) >= 11 is 0. The summed E-state index contributed by atoms with van der Waals surface area (Å²) in [6.45, 7) is 1.50. The van der Waals surface area contributed by atoms with Gasteiger partial charge in [-0.2, -0.15) is 0 Å². The number of hydrogen-bond donors (Lipinski definition) is 1. The summed E-state index contributed by atoms with van der Waals surface area (Å²) in [7, 11) is -3.23. The predicted octanol–water partition coefficient (Wildman–Crippen LogP) is 0.935. The van der Waals surface area contributed by atoms with Gasteiger partial charge >= 0.3 is 0 Å². The number of sulfone groups is 1. The van der Waals surface area contributed by atoms with Crippen LogP contribution >= 0.6 is 0 Å². The second-order valence-electron chi connectivity index (χ2n) is 5.21. The molecule has 1 unspecified atom stereocenters. The van der Waals surface area contributed by atoms with E-state index in [-0.39, 0.29) is 17.4 Å². The molecule has 1 fully saturated rings. The summed E-state index contributed by atoms with van der Waals surface area (Å²) in [5, 5.41) is 8.92. The Morgan fingerprint density at radius 3 is 2.55 bits per heavy atom. The third kappa shape index (κ3) is 3.37. The Kier molecular flexibility index (Phi) is 4.45.